The van der Waals surface area contributed by atoms with Crippen LogP contribution in [0.2, 0.25) is 0 Å². The molecule has 1 spiro atoms. The third-order valence-corrected chi connectivity index (χ3v) is 5.67. The van der Waals surface area contributed by atoms with Crippen molar-refractivity contribution in [3.63, 3.8) is 0 Å². The summed E-state index contributed by atoms with van der Waals surface area (Å²) >= 11 is 0. The summed E-state index contributed by atoms with van der Waals surface area (Å²) in [5, 5.41) is 9.05. The molecule has 9 heteroatoms. The molecule has 1 saturated heterocycles. The number of aromatic nitrogens is 2. The SMILES string of the molecule is O=C1CN(C(=O)COC(=O)c2cc(-c3ccccc3)n[nH]2)C2(CCCCC2)C(=O)N1. The van der Waals surface area contributed by atoms with E-state index in [2.05, 4.69) is 15.5 Å². The normalized spacial score (nSPS) is 18.2. The number of piperazine rings is 1. The predicted octanol–water partition coefficient (Wildman–Crippen LogP) is 1.42. The van der Waals surface area contributed by atoms with Gasteiger partial charge in [-0.2, -0.15) is 5.10 Å². The smallest absolute Gasteiger partial charge is 0.356 e. The summed E-state index contributed by atoms with van der Waals surface area (Å²) < 4.78 is 5.15. The van der Waals surface area contributed by atoms with Crippen LogP contribution in [0.1, 0.15) is 42.6 Å². The molecular formula is C21H22N4O5. The van der Waals surface area contributed by atoms with Crippen molar-refractivity contribution in [1.29, 1.82) is 0 Å². The lowest BCUT2D eigenvalue weighted by atomic mass is 9.78. The number of benzene rings is 1. The summed E-state index contributed by atoms with van der Waals surface area (Å²) in [6.45, 7) is -0.773. The van der Waals surface area contributed by atoms with E-state index in [1.807, 2.05) is 30.3 Å². The molecule has 9 nitrogen and oxygen atoms in total. The van der Waals surface area contributed by atoms with Crippen LogP contribution in [0, 0.1) is 0 Å². The number of ether oxygens (including phenoxy) is 1. The Morgan fingerprint density at radius 3 is 2.57 bits per heavy atom. The maximum Gasteiger partial charge on any atom is 0.356 e. The molecule has 0 unspecified atom stereocenters. The summed E-state index contributed by atoms with van der Waals surface area (Å²) in [5.41, 5.74) is 0.486. The molecular weight excluding hydrogens is 388 g/mol. The Hall–Kier alpha value is -3.49. The van der Waals surface area contributed by atoms with E-state index in [9.17, 15) is 19.2 Å². The highest BCUT2D eigenvalue weighted by Gasteiger charge is 2.51. The summed E-state index contributed by atoms with van der Waals surface area (Å²) in [4.78, 5) is 50.9. The fourth-order valence-electron chi connectivity index (χ4n) is 4.13. The zero-order chi connectivity index (χ0) is 21.1. The van der Waals surface area contributed by atoms with Crippen molar-refractivity contribution in [1.82, 2.24) is 20.4 Å². The Kier molecular flexibility index (Phi) is 5.35. The molecule has 30 heavy (non-hydrogen) atoms. The molecule has 1 aromatic heterocycles. The number of hydrogen-bond acceptors (Lipinski definition) is 6. The zero-order valence-electron chi connectivity index (χ0n) is 16.3. The Morgan fingerprint density at radius 2 is 1.83 bits per heavy atom. The Bertz CT molecular complexity index is 978. The van der Waals surface area contributed by atoms with Crippen LogP contribution < -0.4 is 5.32 Å². The van der Waals surface area contributed by atoms with E-state index in [0.717, 1.165) is 24.8 Å². The minimum Gasteiger partial charge on any atom is -0.451 e. The van der Waals surface area contributed by atoms with Crippen LogP contribution in [0.4, 0.5) is 0 Å². The molecule has 0 atom stereocenters. The van der Waals surface area contributed by atoms with Crippen molar-refractivity contribution in [3.05, 3.63) is 42.1 Å². The van der Waals surface area contributed by atoms with E-state index in [4.69, 9.17) is 4.74 Å². The van der Waals surface area contributed by atoms with Crippen LogP contribution in [-0.4, -0.2) is 57.5 Å². The van der Waals surface area contributed by atoms with E-state index in [0.29, 0.717) is 18.5 Å². The number of nitrogens with zero attached hydrogens (tertiary/aromatic N) is 2. The second-order valence-electron chi connectivity index (χ2n) is 7.56. The van der Waals surface area contributed by atoms with Gasteiger partial charge in [-0.25, -0.2) is 4.79 Å². The lowest BCUT2D eigenvalue weighted by Gasteiger charge is -2.47. The monoisotopic (exact) mass is 410 g/mol. The number of aromatic amines is 1. The molecule has 1 aliphatic carbocycles. The Labute approximate surface area is 172 Å². The van der Waals surface area contributed by atoms with Gasteiger partial charge in [-0.1, -0.05) is 49.6 Å². The quantitative estimate of drug-likeness (QED) is 0.581. The van der Waals surface area contributed by atoms with E-state index in [1.54, 1.807) is 6.07 Å². The average Bonchev–Trinajstić information content (AvgIpc) is 3.26. The van der Waals surface area contributed by atoms with Gasteiger partial charge in [0, 0.05) is 5.56 Å². The lowest BCUT2D eigenvalue weighted by Crippen LogP contribution is -2.69. The molecule has 1 aliphatic heterocycles. The summed E-state index contributed by atoms with van der Waals surface area (Å²) in [7, 11) is 0. The number of rotatable bonds is 4. The summed E-state index contributed by atoms with van der Waals surface area (Å²) in [6.07, 6.45) is 3.55. The molecule has 1 saturated carbocycles. The molecule has 4 rings (SSSR count). The minimum absolute atomic E-state index is 0.112. The van der Waals surface area contributed by atoms with Gasteiger partial charge in [0.05, 0.1) is 5.69 Å². The van der Waals surface area contributed by atoms with Crippen molar-refractivity contribution in [2.45, 2.75) is 37.6 Å². The van der Waals surface area contributed by atoms with Crippen LogP contribution in [0.15, 0.2) is 36.4 Å². The number of amides is 3. The average molecular weight is 410 g/mol. The van der Waals surface area contributed by atoms with Gasteiger partial charge in [0.25, 0.3) is 11.8 Å². The van der Waals surface area contributed by atoms with Crippen LogP contribution in [0.5, 0.6) is 0 Å². The van der Waals surface area contributed by atoms with Crippen molar-refractivity contribution in [2.24, 2.45) is 0 Å². The second-order valence-corrected chi connectivity index (χ2v) is 7.56. The number of esters is 1. The highest BCUT2D eigenvalue weighted by molar-refractivity contribution is 6.07. The molecule has 2 aromatic rings. The van der Waals surface area contributed by atoms with Crippen LogP contribution >= 0.6 is 0 Å². The third-order valence-electron chi connectivity index (χ3n) is 5.67. The van der Waals surface area contributed by atoms with Crippen LogP contribution in [0.3, 0.4) is 0 Å². The number of imide groups is 1. The molecule has 1 aromatic carbocycles. The number of carbonyl (C=O) groups excluding carboxylic acids is 4. The second kappa shape index (κ2) is 8.10. The topological polar surface area (TPSA) is 121 Å². The molecule has 2 aliphatic rings. The maximum absolute atomic E-state index is 12.8. The zero-order valence-corrected chi connectivity index (χ0v) is 16.3. The number of H-pyrrole nitrogens is 1. The minimum atomic E-state index is -1.04. The Balaban J connectivity index is 1.43. The van der Waals surface area contributed by atoms with E-state index in [-0.39, 0.29) is 12.2 Å². The standard InChI is InChI=1S/C21H22N4O5/c26-17-12-25(21(20(29)22-17)9-5-2-6-10-21)18(27)13-30-19(28)16-11-15(23-24-16)14-7-3-1-4-8-14/h1,3-4,7-8,11H,2,5-6,9-10,12-13H2,(H,23,24)(H,22,26,29). The highest BCUT2D eigenvalue weighted by atomic mass is 16.5. The molecule has 2 heterocycles. The largest absolute Gasteiger partial charge is 0.451 e. The number of carbonyl (C=O) groups is 4. The van der Waals surface area contributed by atoms with Gasteiger partial charge >= 0.3 is 5.97 Å². The van der Waals surface area contributed by atoms with Gasteiger partial charge in [0.2, 0.25) is 5.91 Å². The molecule has 0 bridgehead atoms. The fraction of sp³-hybridized carbons (Fsp3) is 0.381. The Morgan fingerprint density at radius 1 is 1.10 bits per heavy atom. The first kappa shape index (κ1) is 19.8. The first-order valence-corrected chi connectivity index (χ1v) is 9.92. The lowest BCUT2D eigenvalue weighted by molar-refractivity contribution is -0.161. The molecule has 156 valence electrons. The van der Waals surface area contributed by atoms with E-state index < -0.39 is 35.8 Å². The summed E-state index contributed by atoms with van der Waals surface area (Å²) in [5.74, 6) is -2.27. The van der Waals surface area contributed by atoms with E-state index >= 15 is 0 Å². The number of hydrogen-bond donors (Lipinski definition) is 2. The fourth-order valence-corrected chi connectivity index (χ4v) is 4.13. The highest BCUT2D eigenvalue weighted by Crippen LogP contribution is 2.35. The predicted molar refractivity (Wildman–Crippen MR) is 105 cm³/mol. The van der Waals surface area contributed by atoms with E-state index in [1.165, 1.54) is 4.90 Å². The summed E-state index contributed by atoms with van der Waals surface area (Å²) in [6, 6.07) is 10.9. The van der Waals surface area contributed by atoms with Crippen molar-refractivity contribution >= 4 is 23.7 Å². The van der Waals surface area contributed by atoms with Gasteiger partial charge in [-0.3, -0.25) is 24.8 Å². The first-order chi connectivity index (χ1) is 14.5. The number of nitrogens with one attached hydrogen (secondary N) is 2. The molecule has 2 N–H and O–H groups in total. The first-order valence-electron chi connectivity index (χ1n) is 9.92. The van der Waals surface area contributed by atoms with Gasteiger partial charge in [-0.15, -0.1) is 0 Å². The van der Waals surface area contributed by atoms with Gasteiger partial charge in [0.15, 0.2) is 6.61 Å². The molecule has 0 radical (unpaired) electrons. The van der Waals surface area contributed by atoms with Crippen molar-refractivity contribution < 1.29 is 23.9 Å². The third kappa shape index (κ3) is 3.70. The van der Waals surface area contributed by atoms with Gasteiger partial charge in [-0.05, 0) is 18.9 Å². The van der Waals surface area contributed by atoms with Gasteiger partial charge in [0.1, 0.15) is 17.8 Å². The van der Waals surface area contributed by atoms with Gasteiger partial charge < -0.3 is 9.64 Å². The van der Waals surface area contributed by atoms with Crippen LogP contribution in [-0.2, 0) is 19.1 Å². The van der Waals surface area contributed by atoms with Crippen molar-refractivity contribution in [3.8, 4) is 11.3 Å². The molecule has 3 amide bonds. The maximum atomic E-state index is 12.8. The molecule has 2 fully saturated rings. The van der Waals surface area contributed by atoms with Crippen molar-refractivity contribution in [2.75, 3.05) is 13.2 Å². The van der Waals surface area contributed by atoms with Crippen LogP contribution in [0.25, 0.3) is 11.3 Å².